The number of rotatable bonds is 3. The van der Waals surface area contributed by atoms with Crippen LogP contribution in [0.25, 0.3) is 0 Å². The molecule has 3 fully saturated rings. The second kappa shape index (κ2) is 6.23. The molecule has 3 aliphatic rings. The molecule has 5 nitrogen and oxygen atoms in total. The molecule has 0 N–H and O–H groups in total. The molecule has 0 aromatic rings. The smallest absolute Gasteiger partial charge is 0.227 e. The lowest BCUT2D eigenvalue weighted by Gasteiger charge is -2.38. The van der Waals surface area contributed by atoms with Crippen molar-refractivity contribution in [1.29, 1.82) is 0 Å². The number of hydrogen-bond acceptors (Lipinski definition) is 4. The fourth-order valence-corrected chi connectivity index (χ4v) is 3.83. The maximum Gasteiger partial charge on any atom is 0.227 e. The van der Waals surface area contributed by atoms with Gasteiger partial charge in [0.15, 0.2) is 5.79 Å². The van der Waals surface area contributed by atoms with Gasteiger partial charge in [0.25, 0.3) is 0 Å². The molecular formula is C16H28N2O3. The van der Waals surface area contributed by atoms with E-state index in [4.69, 9.17) is 9.47 Å². The Balaban J connectivity index is 1.48. The lowest BCUT2D eigenvalue weighted by Crippen LogP contribution is -2.49. The number of nitrogens with zero attached hydrogens (tertiary/aromatic N) is 2. The van der Waals surface area contributed by atoms with E-state index < -0.39 is 0 Å². The molecule has 0 saturated carbocycles. The van der Waals surface area contributed by atoms with E-state index in [1.165, 1.54) is 0 Å². The Kier molecular flexibility index (Phi) is 4.52. The predicted octanol–water partition coefficient (Wildman–Crippen LogP) is 1.33. The van der Waals surface area contributed by atoms with Crippen LogP contribution in [-0.2, 0) is 14.3 Å². The third kappa shape index (κ3) is 3.41. The first-order valence-corrected chi connectivity index (χ1v) is 8.37. The van der Waals surface area contributed by atoms with Gasteiger partial charge in [0, 0.05) is 39.0 Å². The van der Waals surface area contributed by atoms with Crippen molar-refractivity contribution in [1.82, 2.24) is 9.80 Å². The summed E-state index contributed by atoms with van der Waals surface area (Å²) in [5.41, 5.74) is 0. The lowest BCUT2D eigenvalue weighted by molar-refractivity contribution is -0.188. The molecule has 120 valence electrons. The van der Waals surface area contributed by atoms with E-state index in [-0.39, 0.29) is 11.7 Å². The Labute approximate surface area is 127 Å². The Morgan fingerprint density at radius 3 is 2.48 bits per heavy atom. The Bertz CT molecular complexity index is 370. The van der Waals surface area contributed by atoms with Crippen molar-refractivity contribution in [2.45, 2.75) is 38.9 Å². The van der Waals surface area contributed by atoms with Crippen molar-refractivity contribution in [3.63, 3.8) is 0 Å². The molecule has 3 saturated heterocycles. The number of likely N-dealkylation sites (tertiary alicyclic amines) is 2. The molecule has 0 unspecified atom stereocenters. The van der Waals surface area contributed by atoms with Gasteiger partial charge in [-0.2, -0.15) is 0 Å². The average molecular weight is 296 g/mol. The van der Waals surface area contributed by atoms with Crippen LogP contribution in [0.15, 0.2) is 0 Å². The fraction of sp³-hybridized carbons (Fsp3) is 0.938. The van der Waals surface area contributed by atoms with Crippen molar-refractivity contribution >= 4 is 5.91 Å². The zero-order chi connectivity index (χ0) is 14.9. The van der Waals surface area contributed by atoms with Gasteiger partial charge in [-0.25, -0.2) is 0 Å². The Morgan fingerprint density at radius 2 is 1.86 bits per heavy atom. The Hall–Kier alpha value is -0.650. The summed E-state index contributed by atoms with van der Waals surface area (Å²) >= 11 is 0. The summed E-state index contributed by atoms with van der Waals surface area (Å²) in [7, 11) is 0. The van der Waals surface area contributed by atoms with Crippen LogP contribution >= 0.6 is 0 Å². The van der Waals surface area contributed by atoms with Crippen LogP contribution in [0, 0.1) is 11.8 Å². The molecule has 3 heterocycles. The normalized spacial score (nSPS) is 29.7. The molecule has 0 aliphatic carbocycles. The van der Waals surface area contributed by atoms with Crippen LogP contribution < -0.4 is 0 Å². The third-order valence-corrected chi connectivity index (χ3v) is 4.90. The highest BCUT2D eigenvalue weighted by atomic mass is 16.7. The lowest BCUT2D eigenvalue weighted by atomic mass is 10.0. The molecule has 21 heavy (non-hydrogen) atoms. The highest BCUT2D eigenvalue weighted by molar-refractivity contribution is 5.79. The first-order chi connectivity index (χ1) is 10.1. The van der Waals surface area contributed by atoms with E-state index in [0.717, 1.165) is 52.0 Å². The standard InChI is InChI=1S/C16H28N2O3/c1-13(2)11-17-6-3-14(12-17)15(19)18-7-4-16(5-8-18)20-9-10-21-16/h13-14H,3-12H2,1-2H3/t14-/m1/s1. The molecule has 0 aromatic carbocycles. The van der Waals surface area contributed by atoms with Gasteiger partial charge < -0.3 is 19.3 Å². The molecular weight excluding hydrogens is 268 g/mol. The summed E-state index contributed by atoms with van der Waals surface area (Å²) in [6.45, 7) is 10.5. The Morgan fingerprint density at radius 1 is 1.19 bits per heavy atom. The summed E-state index contributed by atoms with van der Waals surface area (Å²) < 4.78 is 11.5. The summed E-state index contributed by atoms with van der Waals surface area (Å²) in [6.07, 6.45) is 2.66. The molecule has 5 heteroatoms. The monoisotopic (exact) mass is 296 g/mol. The van der Waals surface area contributed by atoms with Crippen LogP contribution in [0.4, 0.5) is 0 Å². The van der Waals surface area contributed by atoms with Crippen molar-refractivity contribution in [3.05, 3.63) is 0 Å². The van der Waals surface area contributed by atoms with E-state index in [1.54, 1.807) is 0 Å². The summed E-state index contributed by atoms with van der Waals surface area (Å²) in [4.78, 5) is 17.1. The number of hydrogen-bond donors (Lipinski definition) is 0. The van der Waals surface area contributed by atoms with Gasteiger partial charge in [-0.15, -0.1) is 0 Å². The SMILES string of the molecule is CC(C)CN1CC[C@@H](C(=O)N2CCC3(CC2)OCCO3)C1. The number of piperidine rings is 1. The molecule has 1 atom stereocenters. The minimum atomic E-state index is -0.379. The van der Waals surface area contributed by atoms with Gasteiger partial charge in [-0.05, 0) is 18.9 Å². The molecule has 3 rings (SSSR count). The summed E-state index contributed by atoms with van der Waals surface area (Å²) in [5.74, 6) is 0.832. The van der Waals surface area contributed by atoms with Crippen LogP contribution in [0.2, 0.25) is 0 Å². The minimum absolute atomic E-state index is 0.197. The van der Waals surface area contributed by atoms with Crippen molar-refractivity contribution < 1.29 is 14.3 Å². The number of amides is 1. The van der Waals surface area contributed by atoms with E-state index in [2.05, 4.69) is 18.7 Å². The highest BCUT2D eigenvalue weighted by Gasteiger charge is 2.42. The highest BCUT2D eigenvalue weighted by Crippen LogP contribution is 2.32. The molecule has 1 amide bonds. The van der Waals surface area contributed by atoms with E-state index in [0.29, 0.717) is 25.0 Å². The minimum Gasteiger partial charge on any atom is -0.347 e. The molecule has 0 aromatic heterocycles. The number of carbonyl (C=O) groups excluding carboxylic acids is 1. The molecule has 0 radical (unpaired) electrons. The maximum atomic E-state index is 12.7. The van der Waals surface area contributed by atoms with E-state index in [9.17, 15) is 4.79 Å². The van der Waals surface area contributed by atoms with Crippen molar-refractivity contribution in [2.75, 3.05) is 45.9 Å². The van der Waals surface area contributed by atoms with Crippen molar-refractivity contribution in [3.8, 4) is 0 Å². The summed E-state index contributed by atoms with van der Waals surface area (Å²) in [6, 6.07) is 0. The second-order valence-corrected chi connectivity index (χ2v) is 7.07. The predicted molar refractivity (Wildman–Crippen MR) is 79.8 cm³/mol. The molecule has 0 bridgehead atoms. The maximum absolute atomic E-state index is 12.7. The van der Waals surface area contributed by atoms with Gasteiger partial charge in [-0.3, -0.25) is 4.79 Å². The van der Waals surface area contributed by atoms with E-state index in [1.807, 2.05) is 4.90 Å². The first kappa shape index (κ1) is 15.3. The van der Waals surface area contributed by atoms with Crippen molar-refractivity contribution in [2.24, 2.45) is 11.8 Å². The van der Waals surface area contributed by atoms with Gasteiger partial charge in [0.05, 0.1) is 19.1 Å². The topological polar surface area (TPSA) is 42.0 Å². The molecule has 3 aliphatic heterocycles. The van der Waals surface area contributed by atoms with Gasteiger partial charge in [-0.1, -0.05) is 13.8 Å². The largest absolute Gasteiger partial charge is 0.347 e. The van der Waals surface area contributed by atoms with Crippen LogP contribution in [0.5, 0.6) is 0 Å². The third-order valence-electron chi connectivity index (χ3n) is 4.90. The van der Waals surface area contributed by atoms with Gasteiger partial charge in [0.2, 0.25) is 5.91 Å². The zero-order valence-corrected chi connectivity index (χ0v) is 13.3. The number of carbonyl (C=O) groups is 1. The second-order valence-electron chi connectivity index (χ2n) is 7.07. The quantitative estimate of drug-likeness (QED) is 0.788. The van der Waals surface area contributed by atoms with Gasteiger partial charge >= 0.3 is 0 Å². The van der Waals surface area contributed by atoms with Crippen LogP contribution in [0.3, 0.4) is 0 Å². The van der Waals surface area contributed by atoms with Crippen LogP contribution in [0.1, 0.15) is 33.1 Å². The summed E-state index contributed by atoms with van der Waals surface area (Å²) in [5, 5.41) is 0. The zero-order valence-electron chi connectivity index (χ0n) is 13.3. The van der Waals surface area contributed by atoms with E-state index >= 15 is 0 Å². The first-order valence-electron chi connectivity index (χ1n) is 8.37. The van der Waals surface area contributed by atoms with Crippen LogP contribution in [-0.4, -0.2) is 67.4 Å². The average Bonchev–Trinajstić information content (AvgIpc) is 3.09. The number of ether oxygens (including phenoxy) is 2. The fourth-order valence-electron chi connectivity index (χ4n) is 3.83. The van der Waals surface area contributed by atoms with Gasteiger partial charge in [0.1, 0.15) is 0 Å². The molecule has 1 spiro atoms.